The Bertz CT molecular complexity index is 935. The molecule has 1 aromatic heterocycles. The maximum Gasteiger partial charge on any atom is 0.339 e. The Morgan fingerprint density at radius 3 is 2.57 bits per heavy atom. The van der Waals surface area contributed by atoms with Gasteiger partial charge in [0.1, 0.15) is 0 Å². The van der Waals surface area contributed by atoms with E-state index in [0.717, 1.165) is 25.1 Å². The summed E-state index contributed by atoms with van der Waals surface area (Å²) >= 11 is 0. The molecule has 0 aliphatic carbocycles. The van der Waals surface area contributed by atoms with Gasteiger partial charge in [0, 0.05) is 17.9 Å². The van der Waals surface area contributed by atoms with Gasteiger partial charge in [-0.15, -0.1) is 0 Å². The van der Waals surface area contributed by atoms with Gasteiger partial charge in [-0.2, -0.15) is 0 Å². The Morgan fingerprint density at radius 1 is 1.20 bits per heavy atom. The van der Waals surface area contributed by atoms with Crippen molar-refractivity contribution in [2.24, 2.45) is 5.92 Å². The molecule has 0 unspecified atom stereocenters. The number of H-pyrrole nitrogens is 1. The average molecular weight is 412 g/mol. The first-order valence-electron chi connectivity index (χ1n) is 10.2. The zero-order chi connectivity index (χ0) is 21.8. The molecule has 1 aliphatic rings. The first kappa shape index (κ1) is 21.8. The van der Waals surface area contributed by atoms with E-state index in [1.165, 1.54) is 7.11 Å². The lowest BCUT2D eigenvalue weighted by Crippen LogP contribution is -2.47. The SMILES string of the molecule is COC(=O)c1c(C)[nH]c(C(=O)[C@@H](C)N2CCC[C@H](C(=O)Nc3ccccc3)C2)c1C. The van der Waals surface area contributed by atoms with E-state index < -0.39 is 12.0 Å². The van der Waals surface area contributed by atoms with E-state index in [2.05, 4.69) is 15.2 Å². The molecule has 1 aromatic carbocycles. The van der Waals surface area contributed by atoms with E-state index in [9.17, 15) is 14.4 Å². The van der Waals surface area contributed by atoms with Crippen molar-refractivity contribution in [2.45, 2.75) is 39.7 Å². The number of piperidine rings is 1. The fourth-order valence-corrected chi connectivity index (χ4v) is 4.12. The van der Waals surface area contributed by atoms with Gasteiger partial charge in [0.25, 0.3) is 0 Å². The van der Waals surface area contributed by atoms with E-state index in [1.54, 1.807) is 13.8 Å². The second kappa shape index (κ2) is 9.26. The summed E-state index contributed by atoms with van der Waals surface area (Å²) in [6.07, 6.45) is 1.64. The van der Waals surface area contributed by atoms with Crippen molar-refractivity contribution in [3.63, 3.8) is 0 Å². The Labute approximate surface area is 176 Å². The second-order valence-corrected chi connectivity index (χ2v) is 7.85. The third kappa shape index (κ3) is 4.46. The number of aryl methyl sites for hydroxylation is 1. The first-order valence-corrected chi connectivity index (χ1v) is 10.2. The van der Waals surface area contributed by atoms with E-state index in [-0.39, 0.29) is 17.6 Å². The van der Waals surface area contributed by atoms with Crippen molar-refractivity contribution < 1.29 is 19.1 Å². The van der Waals surface area contributed by atoms with Crippen molar-refractivity contribution in [2.75, 3.05) is 25.5 Å². The highest BCUT2D eigenvalue weighted by Crippen LogP contribution is 2.25. The van der Waals surface area contributed by atoms with Crippen LogP contribution in [0, 0.1) is 19.8 Å². The van der Waals surface area contributed by atoms with Gasteiger partial charge in [-0.3, -0.25) is 14.5 Å². The number of benzene rings is 1. The number of methoxy groups -OCH3 is 1. The molecule has 2 heterocycles. The van der Waals surface area contributed by atoms with Gasteiger partial charge < -0.3 is 15.0 Å². The molecular weight excluding hydrogens is 382 g/mol. The summed E-state index contributed by atoms with van der Waals surface area (Å²) in [6.45, 7) is 6.64. The summed E-state index contributed by atoms with van der Waals surface area (Å²) in [7, 11) is 1.33. The Morgan fingerprint density at radius 2 is 1.90 bits per heavy atom. The summed E-state index contributed by atoms with van der Waals surface area (Å²) in [5.41, 5.74) is 2.83. The standard InChI is InChI=1S/C23H29N3O4/c1-14-19(23(29)30-4)15(2)24-20(14)21(27)16(3)26-12-8-9-17(13-26)22(28)25-18-10-6-5-7-11-18/h5-7,10-11,16-17,24H,8-9,12-13H2,1-4H3,(H,25,28)/t16-,17+/m1/s1. The third-order valence-corrected chi connectivity index (χ3v) is 5.87. The number of para-hydroxylation sites is 1. The molecule has 7 nitrogen and oxygen atoms in total. The maximum absolute atomic E-state index is 13.2. The normalized spacial score (nSPS) is 17.9. The Kier molecular flexibility index (Phi) is 6.72. The van der Waals surface area contributed by atoms with Crippen molar-refractivity contribution >= 4 is 23.3 Å². The summed E-state index contributed by atoms with van der Waals surface area (Å²) in [5, 5.41) is 2.96. The van der Waals surface area contributed by atoms with Crippen LogP contribution in [0.5, 0.6) is 0 Å². The number of rotatable bonds is 6. The van der Waals surface area contributed by atoms with Crippen LogP contribution in [-0.4, -0.2) is 53.8 Å². The zero-order valence-electron chi connectivity index (χ0n) is 18.0. The van der Waals surface area contributed by atoms with Crippen LogP contribution in [0.25, 0.3) is 0 Å². The molecule has 7 heteroatoms. The minimum atomic E-state index is -0.455. The number of carbonyl (C=O) groups excluding carboxylic acids is 3. The molecule has 1 aliphatic heterocycles. The molecule has 30 heavy (non-hydrogen) atoms. The van der Waals surface area contributed by atoms with Crippen LogP contribution in [0.15, 0.2) is 30.3 Å². The topological polar surface area (TPSA) is 91.5 Å². The van der Waals surface area contributed by atoms with Crippen molar-refractivity contribution in [1.29, 1.82) is 0 Å². The lowest BCUT2D eigenvalue weighted by Gasteiger charge is -2.35. The van der Waals surface area contributed by atoms with Gasteiger partial charge in [-0.25, -0.2) is 4.79 Å². The highest BCUT2D eigenvalue weighted by molar-refractivity contribution is 6.03. The zero-order valence-corrected chi connectivity index (χ0v) is 18.0. The number of esters is 1. The van der Waals surface area contributed by atoms with Crippen LogP contribution in [0.2, 0.25) is 0 Å². The van der Waals surface area contributed by atoms with Crippen LogP contribution < -0.4 is 5.32 Å². The monoisotopic (exact) mass is 411 g/mol. The molecule has 160 valence electrons. The number of ether oxygens (including phenoxy) is 1. The maximum atomic E-state index is 13.2. The number of ketones is 1. The molecule has 1 amide bonds. The van der Waals surface area contributed by atoms with Crippen LogP contribution in [0.3, 0.4) is 0 Å². The number of amides is 1. The van der Waals surface area contributed by atoms with Crippen molar-refractivity contribution in [3.8, 4) is 0 Å². The van der Waals surface area contributed by atoms with Crippen LogP contribution in [0.4, 0.5) is 5.69 Å². The molecular formula is C23H29N3O4. The largest absolute Gasteiger partial charge is 0.465 e. The highest BCUT2D eigenvalue weighted by atomic mass is 16.5. The minimum absolute atomic E-state index is 0.0228. The van der Waals surface area contributed by atoms with Crippen molar-refractivity contribution in [1.82, 2.24) is 9.88 Å². The Hall–Kier alpha value is -2.93. The molecule has 0 bridgehead atoms. The third-order valence-electron chi connectivity index (χ3n) is 5.87. The molecule has 2 N–H and O–H groups in total. The number of anilines is 1. The number of aromatic amines is 1. The van der Waals surface area contributed by atoms with Crippen molar-refractivity contribution in [3.05, 3.63) is 52.8 Å². The van der Waals surface area contributed by atoms with Crippen LogP contribution in [-0.2, 0) is 9.53 Å². The molecule has 2 aromatic rings. The molecule has 1 fully saturated rings. The van der Waals surface area contributed by atoms with Gasteiger partial charge in [-0.1, -0.05) is 18.2 Å². The molecule has 0 spiro atoms. The van der Waals surface area contributed by atoms with Crippen LogP contribution >= 0.6 is 0 Å². The minimum Gasteiger partial charge on any atom is -0.465 e. The number of nitrogens with zero attached hydrogens (tertiary/aromatic N) is 1. The molecule has 3 rings (SSSR count). The predicted molar refractivity (Wildman–Crippen MR) is 115 cm³/mol. The number of carbonyl (C=O) groups is 3. The molecule has 0 saturated carbocycles. The average Bonchev–Trinajstić information content (AvgIpc) is 3.06. The second-order valence-electron chi connectivity index (χ2n) is 7.85. The van der Waals surface area contributed by atoms with E-state index >= 15 is 0 Å². The van der Waals surface area contributed by atoms with E-state index in [4.69, 9.17) is 4.74 Å². The van der Waals surface area contributed by atoms with E-state index in [1.807, 2.05) is 37.3 Å². The number of likely N-dealkylation sites (tertiary alicyclic amines) is 1. The fraction of sp³-hybridized carbons (Fsp3) is 0.435. The number of hydrogen-bond acceptors (Lipinski definition) is 5. The number of Topliss-reactive ketones (excluding diaryl/α,β-unsaturated/α-hetero) is 1. The van der Waals surface area contributed by atoms with E-state index in [0.29, 0.717) is 29.1 Å². The summed E-state index contributed by atoms with van der Waals surface area (Å²) < 4.78 is 4.83. The number of aromatic nitrogens is 1. The molecule has 2 atom stereocenters. The molecule has 1 saturated heterocycles. The van der Waals surface area contributed by atoms with Gasteiger partial charge in [0.05, 0.1) is 30.3 Å². The van der Waals surface area contributed by atoms with Gasteiger partial charge in [0.15, 0.2) is 5.78 Å². The summed E-state index contributed by atoms with van der Waals surface area (Å²) in [5.74, 6) is -0.741. The smallest absolute Gasteiger partial charge is 0.339 e. The highest BCUT2D eigenvalue weighted by Gasteiger charge is 2.33. The van der Waals surface area contributed by atoms with Gasteiger partial charge >= 0.3 is 5.97 Å². The number of nitrogens with one attached hydrogen (secondary N) is 2. The molecule has 0 radical (unpaired) electrons. The Balaban J connectivity index is 1.70. The quantitative estimate of drug-likeness (QED) is 0.562. The van der Waals surface area contributed by atoms with Crippen LogP contribution in [0.1, 0.15) is 51.9 Å². The predicted octanol–water partition coefficient (Wildman–Crippen LogP) is 3.34. The van der Waals surface area contributed by atoms with Gasteiger partial charge in [0.2, 0.25) is 5.91 Å². The van der Waals surface area contributed by atoms with Gasteiger partial charge in [-0.05, 0) is 57.9 Å². The summed E-state index contributed by atoms with van der Waals surface area (Å²) in [4.78, 5) is 43.0. The first-order chi connectivity index (χ1) is 14.3. The lowest BCUT2D eigenvalue weighted by atomic mass is 9.94. The fourth-order valence-electron chi connectivity index (χ4n) is 4.12. The summed E-state index contributed by atoms with van der Waals surface area (Å²) in [6, 6.07) is 8.99. The number of hydrogen-bond donors (Lipinski definition) is 2. The lowest BCUT2D eigenvalue weighted by molar-refractivity contribution is -0.121.